The smallest absolute Gasteiger partial charge is 0.242 e. The average molecular weight is 249 g/mol. The van der Waals surface area contributed by atoms with E-state index in [2.05, 4.69) is 10.3 Å². The van der Waals surface area contributed by atoms with Crippen molar-refractivity contribution in [2.24, 2.45) is 0 Å². The minimum Gasteiger partial charge on any atom is -0.389 e. The molecule has 98 valence electrons. The van der Waals surface area contributed by atoms with Crippen molar-refractivity contribution in [2.45, 2.75) is 32.4 Å². The van der Waals surface area contributed by atoms with Crippen LogP contribution in [-0.4, -0.2) is 35.1 Å². The minimum atomic E-state index is -0.587. The molecular weight excluding hydrogens is 230 g/mol. The second-order valence-corrected chi connectivity index (χ2v) is 4.50. The standard InChI is InChI=1S/C13H19N3O2/c1-3-11-13(18)15-7-8-16(11)12-10(9(2)17)5-4-6-14-12/h4-6,9,11,17H,3,7-8H2,1-2H3,(H,15,18). The molecule has 5 heteroatoms. The summed E-state index contributed by atoms with van der Waals surface area (Å²) in [6, 6.07) is 3.45. The van der Waals surface area contributed by atoms with Crippen LogP contribution in [0.5, 0.6) is 0 Å². The van der Waals surface area contributed by atoms with Gasteiger partial charge in [-0.25, -0.2) is 4.98 Å². The molecular formula is C13H19N3O2. The average Bonchev–Trinajstić information content (AvgIpc) is 2.38. The number of aliphatic hydroxyl groups excluding tert-OH is 1. The molecule has 2 unspecified atom stereocenters. The third kappa shape index (κ3) is 2.31. The molecule has 1 aliphatic heterocycles. The van der Waals surface area contributed by atoms with Crippen LogP contribution in [-0.2, 0) is 4.79 Å². The Hall–Kier alpha value is -1.62. The van der Waals surface area contributed by atoms with Crippen molar-refractivity contribution < 1.29 is 9.90 Å². The molecule has 2 heterocycles. The van der Waals surface area contributed by atoms with Gasteiger partial charge in [-0.2, -0.15) is 0 Å². The van der Waals surface area contributed by atoms with Gasteiger partial charge in [0.05, 0.1) is 6.10 Å². The molecule has 2 atom stereocenters. The first-order chi connectivity index (χ1) is 8.65. The summed E-state index contributed by atoms with van der Waals surface area (Å²) in [4.78, 5) is 18.2. The fourth-order valence-electron chi connectivity index (χ4n) is 2.35. The SMILES string of the molecule is CCC1C(=O)NCCN1c1ncccc1C(C)O. The van der Waals surface area contributed by atoms with Gasteiger partial charge < -0.3 is 15.3 Å². The molecule has 0 bridgehead atoms. The highest BCUT2D eigenvalue weighted by Gasteiger charge is 2.30. The molecule has 0 spiro atoms. The van der Waals surface area contributed by atoms with Gasteiger partial charge in [-0.3, -0.25) is 4.79 Å². The highest BCUT2D eigenvalue weighted by molar-refractivity contribution is 5.86. The first kappa shape index (κ1) is 12.8. The molecule has 0 saturated carbocycles. The van der Waals surface area contributed by atoms with Gasteiger partial charge in [0.15, 0.2) is 0 Å². The van der Waals surface area contributed by atoms with Crippen molar-refractivity contribution in [1.82, 2.24) is 10.3 Å². The number of hydrogen-bond donors (Lipinski definition) is 2. The maximum Gasteiger partial charge on any atom is 0.242 e. The van der Waals surface area contributed by atoms with Crippen LogP contribution in [0.1, 0.15) is 31.9 Å². The van der Waals surface area contributed by atoms with Crippen LogP contribution in [0.15, 0.2) is 18.3 Å². The number of carbonyl (C=O) groups is 1. The van der Waals surface area contributed by atoms with E-state index in [0.717, 1.165) is 18.5 Å². The Morgan fingerprint density at radius 1 is 1.67 bits per heavy atom. The topological polar surface area (TPSA) is 65.5 Å². The number of amides is 1. The zero-order valence-corrected chi connectivity index (χ0v) is 10.8. The molecule has 1 aromatic heterocycles. The molecule has 1 saturated heterocycles. The van der Waals surface area contributed by atoms with E-state index in [1.807, 2.05) is 17.9 Å². The molecule has 1 aromatic rings. The third-order valence-electron chi connectivity index (χ3n) is 3.26. The molecule has 1 fully saturated rings. The number of nitrogens with one attached hydrogen (secondary N) is 1. The third-order valence-corrected chi connectivity index (χ3v) is 3.26. The Morgan fingerprint density at radius 3 is 3.11 bits per heavy atom. The van der Waals surface area contributed by atoms with Gasteiger partial charge >= 0.3 is 0 Å². The summed E-state index contributed by atoms with van der Waals surface area (Å²) in [7, 11) is 0. The fraction of sp³-hybridized carbons (Fsp3) is 0.538. The molecule has 1 aliphatic rings. The van der Waals surface area contributed by atoms with Gasteiger partial charge in [0.2, 0.25) is 5.91 Å². The fourth-order valence-corrected chi connectivity index (χ4v) is 2.35. The molecule has 2 rings (SSSR count). The second-order valence-electron chi connectivity index (χ2n) is 4.50. The van der Waals surface area contributed by atoms with Crippen molar-refractivity contribution in [1.29, 1.82) is 0 Å². The van der Waals surface area contributed by atoms with Crippen molar-refractivity contribution in [3.05, 3.63) is 23.9 Å². The Morgan fingerprint density at radius 2 is 2.44 bits per heavy atom. The highest BCUT2D eigenvalue weighted by atomic mass is 16.3. The van der Waals surface area contributed by atoms with E-state index in [1.54, 1.807) is 19.2 Å². The van der Waals surface area contributed by atoms with E-state index in [9.17, 15) is 9.90 Å². The van der Waals surface area contributed by atoms with Crippen LogP contribution >= 0.6 is 0 Å². The zero-order chi connectivity index (χ0) is 13.1. The number of piperazine rings is 1. The molecule has 5 nitrogen and oxygen atoms in total. The molecule has 0 radical (unpaired) electrons. The van der Waals surface area contributed by atoms with E-state index in [0.29, 0.717) is 12.4 Å². The summed E-state index contributed by atoms with van der Waals surface area (Å²) in [5.74, 6) is 0.750. The van der Waals surface area contributed by atoms with Crippen molar-refractivity contribution in [3.63, 3.8) is 0 Å². The number of hydrogen-bond acceptors (Lipinski definition) is 4. The quantitative estimate of drug-likeness (QED) is 0.833. The Bertz CT molecular complexity index is 434. The maximum absolute atomic E-state index is 11.8. The molecule has 0 aliphatic carbocycles. The molecule has 18 heavy (non-hydrogen) atoms. The predicted octanol–water partition coefficient (Wildman–Crippen LogP) is 0.850. The van der Waals surface area contributed by atoms with Gasteiger partial charge in [0.1, 0.15) is 11.9 Å². The lowest BCUT2D eigenvalue weighted by atomic mass is 10.1. The normalized spacial score (nSPS) is 21.6. The van der Waals surface area contributed by atoms with Gasteiger partial charge in [0.25, 0.3) is 0 Å². The van der Waals surface area contributed by atoms with Crippen LogP contribution in [0.4, 0.5) is 5.82 Å². The van der Waals surface area contributed by atoms with Gasteiger partial charge in [0, 0.05) is 24.8 Å². The van der Waals surface area contributed by atoms with Crippen LogP contribution in [0.2, 0.25) is 0 Å². The number of pyridine rings is 1. The summed E-state index contributed by atoms with van der Waals surface area (Å²) in [5.41, 5.74) is 0.769. The monoisotopic (exact) mass is 249 g/mol. The Labute approximate surface area is 107 Å². The number of rotatable bonds is 3. The van der Waals surface area contributed by atoms with E-state index in [4.69, 9.17) is 0 Å². The highest BCUT2D eigenvalue weighted by Crippen LogP contribution is 2.26. The van der Waals surface area contributed by atoms with E-state index >= 15 is 0 Å². The minimum absolute atomic E-state index is 0.0333. The number of aliphatic hydroxyl groups is 1. The first-order valence-electron chi connectivity index (χ1n) is 6.32. The maximum atomic E-state index is 11.8. The lowest BCUT2D eigenvalue weighted by molar-refractivity contribution is -0.123. The Balaban J connectivity index is 2.37. The number of aromatic nitrogens is 1. The predicted molar refractivity (Wildman–Crippen MR) is 69.3 cm³/mol. The van der Waals surface area contributed by atoms with Crippen LogP contribution in [0, 0.1) is 0 Å². The van der Waals surface area contributed by atoms with E-state index in [1.165, 1.54) is 0 Å². The largest absolute Gasteiger partial charge is 0.389 e. The van der Waals surface area contributed by atoms with Gasteiger partial charge in [-0.15, -0.1) is 0 Å². The lowest BCUT2D eigenvalue weighted by Crippen LogP contribution is -2.55. The van der Waals surface area contributed by atoms with Crippen LogP contribution in [0.25, 0.3) is 0 Å². The van der Waals surface area contributed by atoms with Crippen molar-refractivity contribution in [2.75, 3.05) is 18.0 Å². The summed E-state index contributed by atoms with van der Waals surface area (Å²) < 4.78 is 0. The summed E-state index contributed by atoms with van der Waals surface area (Å²) >= 11 is 0. The van der Waals surface area contributed by atoms with E-state index in [-0.39, 0.29) is 11.9 Å². The molecule has 0 aromatic carbocycles. The molecule has 2 N–H and O–H groups in total. The summed E-state index contributed by atoms with van der Waals surface area (Å²) in [6.45, 7) is 5.03. The molecule has 1 amide bonds. The second kappa shape index (κ2) is 5.35. The first-order valence-corrected chi connectivity index (χ1v) is 6.32. The Kier molecular flexibility index (Phi) is 3.81. The number of anilines is 1. The van der Waals surface area contributed by atoms with Crippen molar-refractivity contribution in [3.8, 4) is 0 Å². The number of carbonyl (C=O) groups excluding carboxylic acids is 1. The van der Waals surface area contributed by atoms with Crippen LogP contribution in [0.3, 0.4) is 0 Å². The summed E-state index contributed by atoms with van der Waals surface area (Å²) in [5, 5.41) is 12.7. The van der Waals surface area contributed by atoms with E-state index < -0.39 is 6.10 Å². The summed E-state index contributed by atoms with van der Waals surface area (Å²) in [6.07, 6.45) is 1.83. The van der Waals surface area contributed by atoms with Gasteiger partial charge in [-0.05, 0) is 19.4 Å². The number of nitrogens with zero attached hydrogens (tertiary/aromatic N) is 2. The zero-order valence-electron chi connectivity index (χ0n) is 10.8. The lowest BCUT2D eigenvalue weighted by Gasteiger charge is -2.36. The van der Waals surface area contributed by atoms with Gasteiger partial charge in [-0.1, -0.05) is 13.0 Å². The van der Waals surface area contributed by atoms with Crippen LogP contribution < -0.4 is 10.2 Å². The van der Waals surface area contributed by atoms with Crippen molar-refractivity contribution >= 4 is 11.7 Å².